The van der Waals surface area contributed by atoms with Gasteiger partial charge >= 0.3 is 5.97 Å². The van der Waals surface area contributed by atoms with Crippen molar-refractivity contribution in [1.29, 1.82) is 0 Å². The molecule has 4 rings (SSSR count). The maximum atomic E-state index is 11.8. The number of ether oxygens (including phenoxy) is 3. The SMILES string of the molecule is C/C(=N/OCC(=O)OCc1cn2cc(Cl)ccc2n1)c1ccc2c(c1)OCO2. The summed E-state index contributed by atoms with van der Waals surface area (Å²) in [5, 5.41) is 4.54. The van der Waals surface area contributed by atoms with E-state index in [9.17, 15) is 4.79 Å². The first-order valence-corrected chi connectivity index (χ1v) is 8.81. The molecule has 0 fully saturated rings. The Morgan fingerprint density at radius 1 is 1.25 bits per heavy atom. The molecule has 1 aromatic carbocycles. The highest BCUT2D eigenvalue weighted by atomic mass is 35.5. The summed E-state index contributed by atoms with van der Waals surface area (Å²) in [4.78, 5) is 21.3. The van der Waals surface area contributed by atoms with E-state index in [1.54, 1.807) is 48.0 Å². The van der Waals surface area contributed by atoms with E-state index in [0.29, 0.717) is 27.9 Å². The number of nitrogens with zero attached hydrogens (tertiary/aromatic N) is 3. The van der Waals surface area contributed by atoms with Gasteiger partial charge in [0.15, 0.2) is 11.5 Å². The maximum absolute atomic E-state index is 11.8. The molecule has 144 valence electrons. The molecule has 0 radical (unpaired) electrons. The lowest BCUT2D eigenvalue weighted by atomic mass is 10.1. The van der Waals surface area contributed by atoms with Gasteiger partial charge in [0, 0.05) is 18.0 Å². The van der Waals surface area contributed by atoms with Crippen LogP contribution in [-0.4, -0.2) is 34.5 Å². The Kier molecular flexibility index (Phi) is 5.03. The molecular weight excluding hydrogens is 386 g/mol. The highest BCUT2D eigenvalue weighted by Crippen LogP contribution is 2.32. The number of imidazole rings is 1. The molecule has 0 bridgehead atoms. The summed E-state index contributed by atoms with van der Waals surface area (Å²) in [5.41, 5.74) is 2.73. The van der Waals surface area contributed by atoms with Crippen LogP contribution in [0, 0.1) is 0 Å². The molecule has 2 aromatic heterocycles. The maximum Gasteiger partial charge on any atom is 0.347 e. The van der Waals surface area contributed by atoms with Crippen LogP contribution in [0.5, 0.6) is 11.5 Å². The average molecular weight is 402 g/mol. The van der Waals surface area contributed by atoms with Gasteiger partial charge in [-0.1, -0.05) is 16.8 Å². The average Bonchev–Trinajstić information content (AvgIpc) is 3.31. The Labute approximate surface area is 165 Å². The van der Waals surface area contributed by atoms with E-state index in [0.717, 1.165) is 11.2 Å². The predicted octanol–water partition coefficient (Wildman–Crippen LogP) is 3.20. The molecule has 1 aliphatic rings. The molecule has 0 saturated heterocycles. The van der Waals surface area contributed by atoms with E-state index < -0.39 is 5.97 Å². The summed E-state index contributed by atoms with van der Waals surface area (Å²) in [6, 6.07) is 8.97. The summed E-state index contributed by atoms with van der Waals surface area (Å²) in [6.45, 7) is 1.70. The van der Waals surface area contributed by atoms with Crippen molar-refractivity contribution in [1.82, 2.24) is 9.38 Å². The number of halogens is 1. The fourth-order valence-corrected chi connectivity index (χ4v) is 2.81. The Bertz CT molecular complexity index is 1060. The number of esters is 1. The standard InChI is InChI=1S/C19H16ClN3O5/c1-12(13-2-4-16-17(6-13)27-11-26-16)22-28-10-19(24)25-9-15-8-23-7-14(20)3-5-18(23)21-15/h2-8H,9-11H2,1H3/b22-12-. The van der Waals surface area contributed by atoms with Crippen LogP contribution in [0.4, 0.5) is 0 Å². The van der Waals surface area contributed by atoms with E-state index in [1.165, 1.54) is 0 Å². The quantitative estimate of drug-likeness (QED) is 0.358. The zero-order valence-electron chi connectivity index (χ0n) is 14.9. The van der Waals surface area contributed by atoms with Crippen molar-refractivity contribution >= 4 is 28.9 Å². The van der Waals surface area contributed by atoms with Gasteiger partial charge < -0.3 is 23.4 Å². The van der Waals surface area contributed by atoms with E-state index in [1.807, 2.05) is 6.07 Å². The van der Waals surface area contributed by atoms with Crippen LogP contribution in [-0.2, 0) is 21.0 Å². The molecule has 9 heteroatoms. The van der Waals surface area contributed by atoms with Crippen molar-refractivity contribution in [3.8, 4) is 11.5 Å². The smallest absolute Gasteiger partial charge is 0.347 e. The van der Waals surface area contributed by atoms with Gasteiger partial charge in [-0.05, 0) is 37.3 Å². The third-order valence-electron chi connectivity index (χ3n) is 4.02. The first-order valence-electron chi connectivity index (χ1n) is 8.44. The van der Waals surface area contributed by atoms with E-state index in [2.05, 4.69) is 10.1 Å². The molecule has 0 spiro atoms. The molecule has 0 saturated carbocycles. The normalized spacial score (nSPS) is 13.0. The molecular formula is C19H16ClN3O5. The van der Waals surface area contributed by atoms with Crippen LogP contribution in [0.1, 0.15) is 18.2 Å². The molecule has 0 atom stereocenters. The second-order valence-corrected chi connectivity index (χ2v) is 6.46. The number of pyridine rings is 1. The second-order valence-electron chi connectivity index (χ2n) is 6.02. The van der Waals surface area contributed by atoms with Crippen LogP contribution in [0.2, 0.25) is 5.02 Å². The largest absolute Gasteiger partial charge is 0.457 e. The number of fused-ring (bicyclic) bond motifs is 2. The monoisotopic (exact) mass is 401 g/mol. The fraction of sp³-hybridized carbons (Fsp3) is 0.211. The van der Waals surface area contributed by atoms with Crippen molar-refractivity contribution in [3.05, 3.63) is 59.0 Å². The van der Waals surface area contributed by atoms with Gasteiger partial charge in [-0.2, -0.15) is 0 Å². The number of hydrogen-bond acceptors (Lipinski definition) is 7. The number of carbonyl (C=O) groups excluding carboxylic acids is 1. The third-order valence-corrected chi connectivity index (χ3v) is 4.24. The second kappa shape index (κ2) is 7.77. The minimum Gasteiger partial charge on any atom is -0.457 e. The number of oxime groups is 1. The Morgan fingerprint density at radius 3 is 3.00 bits per heavy atom. The van der Waals surface area contributed by atoms with Gasteiger partial charge in [-0.15, -0.1) is 0 Å². The molecule has 28 heavy (non-hydrogen) atoms. The molecule has 8 nitrogen and oxygen atoms in total. The van der Waals surface area contributed by atoms with Gasteiger partial charge in [0.25, 0.3) is 0 Å². The van der Waals surface area contributed by atoms with Crippen LogP contribution in [0.15, 0.2) is 47.9 Å². The summed E-state index contributed by atoms with van der Waals surface area (Å²) in [7, 11) is 0. The zero-order chi connectivity index (χ0) is 19.5. The molecule has 3 heterocycles. The molecule has 0 N–H and O–H groups in total. The lowest BCUT2D eigenvalue weighted by Gasteiger charge is -2.04. The van der Waals surface area contributed by atoms with Crippen molar-refractivity contribution < 1.29 is 23.8 Å². The van der Waals surface area contributed by atoms with Crippen molar-refractivity contribution in [2.45, 2.75) is 13.5 Å². The topological polar surface area (TPSA) is 83.7 Å². The molecule has 1 aliphatic heterocycles. The van der Waals surface area contributed by atoms with Gasteiger partial charge in [-0.3, -0.25) is 0 Å². The lowest BCUT2D eigenvalue weighted by Crippen LogP contribution is -2.11. The summed E-state index contributed by atoms with van der Waals surface area (Å²) in [5.74, 6) is 0.799. The minimum atomic E-state index is -0.544. The number of benzene rings is 1. The summed E-state index contributed by atoms with van der Waals surface area (Å²) < 4.78 is 17.5. The Balaban J connectivity index is 1.28. The number of carbonyl (C=O) groups is 1. The third kappa shape index (κ3) is 4.01. The Morgan fingerprint density at radius 2 is 2.11 bits per heavy atom. The van der Waals surface area contributed by atoms with Crippen molar-refractivity contribution in [2.24, 2.45) is 5.16 Å². The first kappa shape index (κ1) is 18.1. The molecule has 3 aromatic rings. The van der Waals surface area contributed by atoms with E-state index >= 15 is 0 Å². The number of rotatable bonds is 6. The predicted molar refractivity (Wildman–Crippen MR) is 101 cm³/mol. The lowest BCUT2D eigenvalue weighted by molar-refractivity contribution is -0.150. The highest BCUT2D eigenvalue weighted by molar-refractivity contribution is 6.30. The van der Waals surface area contributed by atoms with Crippen LogP contribution >= 0.6 is 11.6 Å². The molecule has 0 unspecified atom stereocenters. The number of aromatic nitrogens is 2. The van der Waals surface area contributed by atoms with E-state index in [-0.39, 0.29) is 20.0 Å². The van der Waals surface area contributed by atoms with E-state index in [4.69, 9.17) is 30.6 Å². The fourth-order valence-electron chi connectivity index (χ4n) is 2.64. The molecule has 0 aliphatic carbocycles. The summed E-state index contributed by atoms with van der Waals surface area (Å²) >= 11 is 5.93. The highest BCUT2D eigenvalue weighted by Gasteiger charge is 2.14. The van der Waals surface area contributed by atoms with Gasteiger partial charge in [0.2, 0.25) is 13.4 Å². The first-order chi connectivity index (χ1) is 13.6. The summed E-state index contributed by atoms with van der Waals surface area (Å²) in [6.07, 6.45) is 3.48. The van der Waals surface area contributed by atoms with Crippen LogP contribution in [0.3, 0.4) is 0 Å². The van der Waals surface area contributed by atoms with Gasteiger partial charge in [-0.25, -0.2) is 9.78 Å². The van der Waals surface area contributed by atoms with Gasteiger partial charge in [0.1, 0.15) is 12.3 Å². The zero-order valence-corrected chi connectivity index (χ0v) is 15.7. The molecule has 0 amide bonds. The minimum absolute atomic E-state index is 0.0341. The van der Waals surface area contributed by atoms with Crippen LogP contribution < -0.4 is 9.47 Å². The van der Waals surface area contributed by atoms with Crippen molar-refractivity contribution in [3.63, 3.8) is 0 Å². The number of hydrogen-bond donors (Lipinski definition) is 0. The van der Waals surface area contributed by atoms with Gasteiger partial charge in [0.05, 0.1) is 16.4 Å². The Hall–Kier alpha value is -3.26. The van der Waals surface area contributed by atoms with Crippen molar-refractivity contribution in [2.75, 3.05) is 13.4 Å². The van der Waals surface area contributed by atoms with Crippen LogP contribution in [0.25, 0.3) is 5.65 Å².